The second-order valence-electron chi connectivity index (χ2n) is 16.6. The van der Waals surface area contributed by atoms with Crippen LogP contribution in [0.4, 0.5) is 0 Å². The Morgan fingerprint density at radius 2 is 1.67 bits per heavy atom. The molecule has 14 nitrogen and oxygen atoms in total. The van der Waals surface area contributed by atoms with Gasteiger partial charge in [0, 0.05) is 30.2 Å². The van der Waals surface area contributed by atoms with Crippen molar-refractivity contribution in [3.63, 3.8) is 0 Å². The lowest BCUT2D eigenvalue weighted by Gasteiger charge is -2.67. The lowest BCUT2D eigenvalue weighted by molar-refractivity contribution is -0.347. The van der Waals surface area contributed by atoms with Crippen LogP contribution in [-0.2, 0) is 38.1 Å². The lowest BCUT2D eigenvalue weighted by Crippen LogP contribution is -2.81. The maximum absolute atomic E-state index is 14.8. The number of hydrogen-bond donors (Lipinski definition) is 5. The highest BCUT2D eigenvalue weighted by atomic mass is 16.6. The summed E-state index contributed by atoms with van der Waals surface area (Å²) in [5.41, 5.74) is -6.64. The molecule has 4 aliphatic rings. The summed E-state index contributed by atoms with van der Waals surface area (Å²) in [5, 5.41) is 51.3. The summed E-state index contributed by atoms with van der Waals surface area (Å²) in [7, 11) is 0. The molecule has 0 radical (unpaired) electrons. The van der Waals surface area contributed by atoms with Crippen molar-refractivity contribution in [2.75, 3.05) is 6.61 Å². The largest absolute Gasteiger partial charge is 0.461 e. The van der Waals surface area contributed by atoms with Crippen molar-refractivity contribution in [2.45, 2.75) is 127 Å². The predicted octanol–water partition coefficient (Wildman–Crippen LogP) is 3.04. The van der Waals surface area contributed by atoms with Gasteiger partial charge in [0.1, 0.15) is 30.0 Å². The van der Waals surface area contributed by atoms with Crippen molar-refractivity contribution in [1.82, 2.24) is 5.32 Å². The van der Waals surface area contributed by atoms with Gasteiger partial charge in [0.05, 0.1) is 30.1 Å². The van der Waals surface area contributed by atoms with Crippen LogP contribution in [0.1, 0.15) is 95.1 Å². The highest BCUT2D eigenvalue weighted by molar-refractivity contribution is 5.95. The number of Topliss-reactive ketones (excluding diaryl/α,β-unsaturated/α-hetero) is 1. The first-order valence-corrected chi connectivity index (χ1v) is 19.6. The minimum atomic E-state index is -2.27. The number of aliphatic hydroxyl groups is 4. The third kappa shape index (κ3) is 6.98. The molecule has 0 spiro atoms. The molecule has 57 heavy (non-hydrogen) atoms. The fourth-order valence-electron chi connectivity index (χ4n) is 9.78. The van der Waals surface area contributed by atoms with E-state index in [1.165, 1.54) is 13.8 Å². The van der Waals surface area contributed by atoms with Crippen LogP contribution in [0.15, 0.2) is 71.8 Å². The fraction of sp³-hybridized carbons (Fsp3) is 0.558. The van der Waals surface area contributed by atoms with Crippen LogP contribution in [0.3, 0.4) is 0 Å². The molecule has 14 heteroatoms. The van der Waals surface area contributed by atoms with Gasteiger partial charge in [0.15, 0.2) is 17.5 Å². The van der Waals surface area contributed by atoms with Gasteiger partial charge in [-0.2, -0.15) is 0 Å². The molecular formula is C43H53NO13. The number of hydrogen-bond acceptors (Lipinski definition) is 13. The number of carbonyl (C=O) groups excluding carboxylic acids is 5. The average Bonchev–Trinajstić information content (AvgIpc) is 3.18. The Hall–Kier alpha value is -4.47. The summed E-state index contributed by atoms with van der Waals surface area (Å²) >= 11 is 0. The van der Waals surface area contributed by atoms with Gasteiger partial charge in [-0.15, -0.1) is 0 Å². The molecule has 1 amide bonds. The normalized spacial score (nSPS) is 33.8. The van der Waals surface area contributed by atoms with Crippen molar-refractivity contribution in [3.05, 3.63) is 82.9 Å². The van der Waals surface area contributed by atoms with E-state index in [0.29, 0.717) is 12.0 Å². The number of rotatable bonds is 13. The summed E-state index contributed by atoms with van der Waals surface area (Å²) < 4.78 is 23.8. The Balaban J connectivity index is 1.41. The number of fused-ring (bicyclic) bond motifs is 5. The minimum Gasteiger partial charge on any atom is -0.461 e. The Morgan fingerprint density at radius 1 is 1.02 bits per heavy atom. The van der Waals surface area contributed by atoms with E-state index in [1.807, 2.05) is 6.92 Å². The molecule has 2 bridgehead atoms. The van der Waals surface area contributed by atoms with Crippen LogP contribution in [-0.4, -0.2) is 105 Å². The monoisotopic (exact) mass is 791 g/mol. The van der Waals surface area contributed by atoms with E-state index in [0.717, 1.165) is 12.8 Å². The van der Waals surface area contributed by atoms with Crippen LogP contribution in [0.25, 0.3) is 0 Å². The third-order valence-electron chi connectivity index (χ3n) is 13.1. The molecule has 0 aromatic heterocycles. The summed E-state index contributed by atoms with van der Waals surface area (Å²) in [6, 6.07) is 15.2. The molecule has 3 aliphatic carbocycles. The summed E-state index contributed by atoms with van der Waals surface area (Å²) in [6.07, 6.45) is -7.98. The third-order valence-corrected chi connectivity index (χ3v) is 13.1. The zero-order chi connectivity index (χ0) is 41.5. The Bertz CT molecular complexity index is 1880. The number of amides is 1. The van der Waals surface area contributed by atoms with Gasteiger partial charge >= 0.3 is 11.9 Å². The molecule has 5 N–H and O–H groups in total. The Morgan fingerprint density at radius 3 is 2.26 bits per heavy atom. The van der Waals surface area contributed by atoms with E-state index in [9.17, 15) is 44.4 Å². The van der Waals surface area contributed by atoms with Crippen LogP contribution in [0.2, 0.25) is 0 Å². The van der Waals surface area contributed by atoms with Crippen LogP contribution >= 0.6 is 0 Å². The number of carbonyl (C=O) groups is 5. The topological polar surface area (TPSA) is 215 Å². The molecule has 2 aromatic rings. The van der Waals surface area contributed by atoms with Crippen molar-refractivity contribution in [1.29, 1.82) is 0 Å². The van der Waals surface area contributed by atoms with Gasteiger partial charge in [-0.3, -0.25) is 19.2 Å². The molecule has 11 atom stereocenters. The van der Waals surface area contributed by atoms with Crippen molar-refractivity contribution < 1.29 is 63.3 Å². The molecule has 1 unspecified atom stereocenters. The first-order chi connectivity index (χ1) is 27.0. The van der Waals surface area contributed by atoms with Gasteiger partial charge in [0.2, 0.25) is 0 Å². The zero-order valence-corrected chi connectivity index (χ0v) is 32.9. The van der Waals surface area contributed by atoms with Crippen molar-refractivity contribution >= 4 is 30.1 Å². The highest BCUT2D eigenvalue weighted by Gasteiger charge is 2.77. The minimum absolute atomic E-state index is 0.0329. The molecule has 308 valence electrons. The molecule has 2 aromatic carbocycles. The van der Waals surface area contributed by atoms with Gasteiger partial charge in [-0.05, 0) is 49.1 Å². The number of esters is 2. The maximum Gasteiger partial charge on any atom is 0.338 e. The van der Waals surface area contributed by atoms with E-state index in [1.54, 1.807) is 74.5 Å². The molecule has 6 rings (SSSR count). The van der Waals surface area contributed by atoms with Crippen LogP contribution < -0.4 is 5.32 Å². The number of ether oxygens (including phenoxy) is 4. The first kappa shape index (κ1) is 42.1. The van der Waals surface area contributed by atoms with E-state index < -0.39 is 101 Å². The predicted molar refractivity (Wildman–Crippen MR) is 202 cm³/mol. The smallest absolute Gasteiger partial charge is 0.338 e. The average molecular weight is 792 g/mol. The zero-order valence-electron chi connectivity index (χ0n) is 32.9. The number of aliphatic hydroxyl groups excluding tert-OH is 3. The van der Waals surface area contributed by atoms with Crippen LogP contribution in [0, 0.1) is 16.7 Å². The first-order valence-electron chi connectivity index (χ1n) is 19.6. The number of nitrogens with one attached hydrogen (secondary N) is 1. The molecule has 3 fully saturated rings. The van der Waals surface area contributed by atoms with E-state index in [2.05, 4.69) is 5.32 Å². The summed E-state index contributed by atoms with van der Waals surface area (Å²) in [6.45, 7) is 7.88. The number of unbranched alkanes of at least 4 members (excludes halogenated alkanes) is 2. The molecule has 2 saturated carbocycles. The lowest BCUT2D eigenvalue weighted by atomic mass is 9.44. The van der Waals surface area contributed by atoms with Gasteiger partial charge in [-0.1, -0.05) is 82.1 Å². The van der Waals surface area contributed by atoms with Gasteiger partial charge < -0.3 is 44.7 Å². The summed E-state index contributed by atoms with van der Waals surface area (Å²) in [4.78, 5) is 68.1. The van der Waals surface area contributed by atoms with Gasteiger partial charge in [-0.25, -0.2) is 4.79 Å². The van der Waals surface area contributed by atoms with Gasteiger partial charge in [0.25, 0.3) is 12.4 Å². The molecular weight excluding hydrogens is 738 g/mol. The van der Waals surface area contributed by atoms with E-state index in [-0.39, 0.29) is 42.6 Å². The van der Waals surface area contributed by atoms with Crippen LogP contribution in [0.5, 0.6) is 0 Å². The quantitative estimate of drug-likeness (QED) is 0.0650. The van der Waals surface area contributed by atoms with E-state index >= 15 is 0 Å². The molecule has 1 aliphatic heterocycles. The van der Waals surface area contributed by atoms with Crippen molar-refractivity contribution in [2.24, 2.45) is 16.7 Å². The van der Waals surface area contributed by atoms with Crippen molar-refractivity contribution in [3.8, 4) is 0 Å². The summed E-state index contributed by atoms with van der Waals surface area (Å²) in [5.74, 6) is -4.70. The Kier molecular flexibility index (Phi) is 11.9. The number of ketones is 1. The standard InChI is InChI=1S/C43H53NO13/c1-6-7-10-19-30(47)57-42-22-54-29(42)20-28(46)41(5)35(42)37(55-23-45)43(53)21-27(24(2)31(40(43,3)4)33(48)36(41)50)56-39(52)34(49)32(25-15-11-8-12-16-25)44-38(51)26-17-13-9-14-18-26/h8-9,11-18,23,27-29,32-35,37,46,48-49,53H,6-7,10,19-22H2,1-5H3,(H,44,51)/t27-,28-,29?,32-,33+,34+,35-,37-,41+,42-,43+/m0/s1. The number of benzene rings is 2. The fourth-order valence-corrected chi connectivity index (χ4v) is 9.78. The maximum atomic E-state index is 14.8. The molecule has 1 saturated heterocycles. The SMILES string of the molecule is CCCCCC(=O)O[C@@]12COC1C[C@H](O)[C@@]1(C)C(=O)[C@H](O)C3=C(C)[C@@H](OC(=O)[C@H](O)[C@@H](NC(=O)c4ccccc4)c4ccccc4)C[C@@](O)([C@@H](OC=O)[C@@H]12)C3(C)C. The van der Waals surface area contributed by atoms with E-state index in [4.69, 9.17) is 18.9 Å². The second kappa shape index (κ2) is 16.1. The highest BCUT2D eigenvalue weighted by Crippen LogP contribution is 2.64. The second-order valence-corrected chi connectivity index (χ2v) is 16.6. The Labute approximate surface area is 331 Å². The molecule has 1 heterocycles.